The zero-order chi connectivity index (χ0) is 14.5. The molecule has 2 aromatic carbocycles. The first-order valence-corrected chi connectivity index (χ1v) is 6.02. The van der Waals surface area contributed by atoms with E-state index in [1.165, 1.54) is 0 Å². The van der Waals surface area contributed by atoms with E-state index >= 15 is 0 Å². The van der Waals surface area contributed by atoms with Crippen molar-refractivity contribution in [3.8, 4) is 0 Å². The lowest BCUT2D eigenvalue weighted by Crippen LogP contribution is -2.33. The van der Waals surface area contributed by atoms with Crippen LogP contribution in [0.25, 0.3) is 0 Å². The lowest BCUT2D eigenvalue weighted by atomic mass is 10.1. The summed E-state index contributed by atoms with van der Waals surface area (Å²) in [5, 5.41) is 11.7. The molecule has 0 aromatic heterocycles. The van der Waals surface area contributed by atoms with Crippen LogP contribution in [0.3, 0.4) is 0 Å². The van der Waals surface area contributed by atoms with Gasteiger partial charge in [0.05, 0.1) is 0 Å². The summed E-state index contributed by atoms with van der Waals surface area (Å²) in [6.07, 6.45) is 0. The molecule has 102 valence electrons. The van der Waals surface area contributed by atoms with Crippen LogP contribution in [0, 0.1) is 0 Å². The molecule has 0 aliphatic carbocycles. The summed E-state index contributed by atoms with van der Waals surface area (Å²) in [7, 11) is 0. The highest BCUT2D eigenvalue weighted by atomic mass is 16.4. The number of carbonyl (C=O) groups excluding carboxylic acids is 1. The second-order valence-corrected chi connectivity index (χ2v) is 4.28. The second kappa shape index (κ2) is 5.88. The maximum absolute atomic E-state index is 12.0. The number of hydrogen-bond acceptors (Lipinski definition) is 3. The lowest BCUT2D eigenvalue weighted by molar-refractivity contribution is -0.139. The van der Waals surface area contributed by atoms with E-state index in [1.807, 2.05) is 0 Å². The molecule has 0 aliphatic rings. The Morgan fingerprint density at radius 3 is 2.15 bits per heavy atom. The Hall–Kier alpha value is -2.82. The van der Waals surface area contributed by atoms with Crippen molar-refractivity contribution >= 4 is 17.6 Å². The first kappa shape index (κ1) is 13.6. The molecule has 2 aromatic rings. The number of nitrogens with two attached hydrogens (primary N) is 1. The summed E-state index contributed by atoms with van der Waals surface area (Å²) >= 11 is 0. The number of nitrogen functional groups attached to an aromatic ring is 1. The van der Waals surface area contributed by atoms with E-state index in [1.54, 1.807) is 54.6 Å². The predicted molar refractivity (Wildman–Crippen MR) is 75.1 cm³/mol. The van der Waals surface area contributed by atoms with Gasteiger partial charge in [0.1, 0.15) is 0 Å². The van der Waals surface area contributed by atoms with Crippen molar-refractivity contribution in [1.29, 1.82) is 0 Å². The van der Waals surface area contributed by atoms with E-state index in [2.05, 4.69) is 5.32 Å². The summed E-state index contributed by atoms with van der Waals surface area (Å²) in [4.78, 5) is 23.3. The summed E-state index contributed by atoms with van der Waals surface area (Å²) in [5.74, 6) is -1.57. The minimum Gasteiger partial charge on any atom is -0.479 e. The normalized spacial score (nSPS) is 11.6. The Morgan fingerprint density at radius 2 is 1.60 bits per heavy atom. The summed E-state index contributed by atoms with van der Waals surface area (Å²) in [5.41, 5.74) is 6.96. The Bertz CT molecular complexity index is 609. The van der Waals surface area contributed by atoms with Crippen LogP contribution in [-0.2, 0) is 4.79 Å². The Balaban J connectivity index is 2.19. The molecule has 2 rings (SSSR count). The number of hydrogen-bond donors (Lipinski definition) is 3. The van der Waals surface area contributed by atoms with Gasteiger partial charge in [0.15, 0.2) is 6.04 Å². The van der Waals surface area contributed by atoms with Crippen molar-refractivity contribution in [2.75, 3.05) is 5.73 Å². The molecule has 0 spiro atoms. The van der Waals surface area contributed by atoms with Gasteiger partial charge in [-0.2, -0.15) is 0 Å². The smallest absolute Gasteiger partial charge is 0.330 e. The summed E-state index contributed by atoms with van der Waals surface area (Å²) in [6.45, 7) is 0. The minimum absolute atomic E-state index is 0.362. The highest BCUT2D eigenvalue weighted by Gasteiger charge is 2.22. The van der Waals surface area contributed by atoms with Crippen molar-refractivity contribution in [3.05, 3.63) is 65.7 Å². The van der Waals surface area contributed by atoms with Crippen LogP contribution >= 0.6 is 0 Å². The SMILES string of the molecule is Nc1ccc(C(=O)N[C@H](C(=O)O)c2ccccc2)cc1. The zero-order valence-corrected chi connectivity index (χ0v) is 10.6. The molecule has 0 bridgehead atoms. The third-order valence-corrected chi connectivity index (χ3v) is 2.83. The van der Waals surface area contributed by atoms with E-state index in [4.69, 9.17) is 5.73 Å². The molecule has 0 saturated heterocycles. The molecule has 0 fully saturated rings. The summed E-state index contributed by atoms with van der Waals surface area (Å²) in [6, 6.07) is 13.7. The third kappa shape index (κ3) is 3.14. The molecular weight excluding hydrogens is 256 g/mol. The average Bonchev–Trinajstić information content (AvgIpc) is 2.46. The van der Waals surface area contributed by atoms with Gasteiger partial charge in [-0.05, 0) is 29.8 Å². The maximum Gasteiger partial charge on any atom is 0.330 e. The number of rotatable bonds is 4. The largest absolute Gasteiger partial charge is 0.479 e. The molecule has 0 aliphatic heterocycles. The van der Waals surface area contributed by atoms with Gasteiger partial charge in [0, 0.05) is 11.3 Å². The predicted octanol–water partition coefficient (Wildman–Crippen LogP) is 1.82. The quantitative estimate of drug-likeness (QED) is 0.739. The molecule has 20 heavy (non-hydrogen) atoms. The number of carbonyl (C=O) groups is 2. The number of nitrogens with one attached hydrogen (secondary N) is 1. The molecule has 4 N–H and O–H groups in total. The highest BCUT2D eigenvalue weighted by molar-refractivity contribution is 5.97. The van der Waals surface area contributed by atoms with Gasteiger partial charge in [-0.25, -0.2) is 4.79 Å². The fourth-order valence-electron chi connectivity index (χ4n) is 1.78. The number of benzene rings is 2. The number of amides is 1. The Morgan fingerprint density at radius 1 is 1.00 bits per heavy atom. The van der Waals surface area contributed by atoms with Gasteiger partial charge in [0.2, 0.25) is 0 Å². The third-order valence-electron chi connectivity index (χ3n) is 2.83. The van der Waals surface area contributed by atoms with E-state index in [0.29, 0.717) is 16.8 Å². The number of carboxylic acid groups (broad SMARTS) is 1. The monoisotopic (exact) mass is 270 g/mol. The molecule has 0 radical (unpaired) electrons. The van der Waals surface area contributed by atoms with Crippen LogP contribution in [0.2, 0.25) is 0 Å². The summed E-state index contributed by atoms with van der Waals surface area (Å²) < 4.78 is 0. The van der Waals surface area contributed by atoms with Gasteiger partial charge in [0.25, 0.3) is 5.91 Å². The molecule has 0 saturated carbocycles. The van der Waals surface area contributed by atoms with Crippen LogP contribution in [-0.4, -0.2) is 17.0 Å². The zero-order valence-electron chi connectivity index (χ0n) is 10.6. The molecule has 5 heteroatoms. The van der Waals surface area contributed by atoms with Crippen LogP contribution in [0.5, 0.6) is 0 Å². The number of carboxylic acids is 1. The topological polar surface area (TPSA) is 92.4 Å². The Labute approximate surface area is 116 Å². The van der Waals surface area contributed by atoms with Crippen molar-refractivity contribution in [2.24, 2.45) is 0 Å². The van der Waals surface area contributed by atoms with Gasteiger partial charge < -0.3 is 16.2 Å². The molecule has 0 unspecified atom stereocenters. The molecule has 1 atom stereocenters. The van der Waals surface area contributed by atoms with Crippen LogP contribution < -0.4 is 11.1 Å². The van der Waals surface area contributed by atoms with Crippen molar-refractivity contribution in [2.45, 2.75) is 6.04 Å². The minimum atomic E-state index is -1.11. The molecule has 5 nitrogen and oxygen atoms in total. The van der Waals surface area contributed by atoms with Gasteiger partial charge in [-0.1, -0.05) is 30.3 Å². The first-order chi connectivity index (χ1) is 9.58. The fourth-order valence-corrected chi connectivity index (χ4v) is 1.78. The highest BCUT2D eigenvalue weighted by Crippen LogP contribution is 2.14. The van der Waals surface area contributed by atoms with Crippen LogP contribution in [0.1, 0.15) is 22.0 Å². The van der Waals surface area contributed by atoms with Gasteiger partial charge in [-0.15, -0.1) is 0 Å². The molecular formula is C15H14N2O3. The van der Waals surface area contributed by atoms with Crippen molar-refractivity contribution in [1.82, 2.24) is 5.32 Å². The standard InChI is InChI=1S/C15H14N2O3/c16-12-8-6-11(7-9-12)14(18)17-13(15(19)20)10-4-2-1-3-5-10/h1-9,13H,16H2,(H,17,18)(H,19,20)/t13-/m0/s1. The van der Waals surface area contributed by atoms with E-state index in [-0.39, 0.29) is 0 Å². The fraction of sp³-hybridized carbons (Fsp3) is 0.0667. The molecule has 1 amide bonds. The maximum atomic E-state index is 12.0. The lowest BCUT2D eigenvalue weighted by Gasteiger charge is -2.15. The van der Waals surface area contributed by atoms with E-state index in [0.717, 1.165) is 0 Å². The Kier molecular flexibility index (Phi) is 4.00. The van der Waals surface area contributed by atoms with Gasteiger partial charge in [-0.3, -0.25) is 4.79 Å². The van der Waals surface area contributed by atoms with E-state index < -0.39 is 17.9 Å². The number of anilines is 1. The van der Waals surface area contributed by atoms with Crippen molar-refractivity contribution in [3.63, 3.8) is 0 Å². The second-order valence-electron chi connectivity index (χ2n) is 4.28. The van der Waals surface area contributed by atoms with Gasteiger partial charge >= 0.3 is 5.97 Å². The van der Waals surface area contributed by atoms with Crippen LogP contribution in [0.4, 0.5) is 5.69 Å². The average molecular weight is 270 g/mol. The molecule has 0 heterocycles. The number of aliphatic carboxylic acids is 1. The van der Waals surface area contributed by atoms with Crippen molar-refractivity contribution < 1.29 is 14.7 Å². The van der Waals surface area contributed by atoms with Crippen LogP contribution in [0.15, 0.2) is 54.6 Å². The first-order valence-electron chi connectivity index (χ1n) is 6.02. The van der Waals surface area contributed by atoms with E-state index in [9.17, 15) is 14.7 Å².